The number of pyridine rings is 1. The molecule has 1 aliphatic rings. The first-order valence-electron chi connectivity index (χ1n) is 16.9. The van der Waals surface area contributed by atoms with Crippen molar-refractivity contribution in [2.45, 2.75) is 60.0 Å². The zero-order valence-corrected chi connectivity index (χ0v) is 30.5. The average Bonchev–Trinajstić information content (AvgIpc) is 3.71. The standard InChI is InChI=1S/C36H38F2N6O3S.C2H6/c1-6-7-13-46-29-17-23(37)16-26(38)30(29)31-33(27(39)18-24-20-44(12-11-40-24)35(45)47-36(2,3)4)42-32(25-10-14-48-34(25)31)21-8-9-28-22(15-21)19-41-43(28)5;1-2/h8-10,14-19H,6-7,11-13,20,39H2,1-5H3;1-2H3/b27-18-;. The highest BCUT2D eigenvalue weighted by molar-refractivity contribution is 7.18. The van der Waals surface area contributed by atoms with E-state index in [-0.39, 0.29) is 35.9 Å². The number of amides is 1. The minimum Gasteiger partial charge on any atom is -0.493 e. The second-order valence-electron chi connectivity index (χ2n) is 12.7. The molecule has 0 saturated carbocycles. The number of hydrogen-bond acceptors (Lipinski definition) is 8. The van der Waals surface area contributed by atoms with E-state index in [4.69, 9.17) is 20.2 Å². The smallest absolute Gasteiger partial charge is 0.410 e. The molecule has 50 heavy (non-hydrogen) atoms. The quantitative estimate of drug-likeness (QED) is 0.162. The highest BCUT2D eigenvalue weighted by Crippen LogP contribution is 2.45. The molecule has 0 aliphatic carbocycles. The lowest BCUT2D eigenvalue weighted by molar-refractivity contribution is 0.0278. The van der Waals surface area contributed by atoms with Crippen LogP contribution in [0.15, 0.2) is 59.0 Å². The summed E-state index contributed by atoms with van der Waals surface area (Å²) in [6, 6.07) is 9.93. The van der Waals surface area contributed by atoms with Crippen LogP contribution in [-0.4, -0.2) is 63.3 Å². The molecule has 6 rings (SSSR count). The number of rotatable bonds is 8. The summed E-state index contributed by atoms with van der Waals surface area (Å²) in [5, 5.41) is 8.00. The molecule has 0 saturated heterocycles. The van der Waals surface area contributed by atoms with Gasteiger partial charge in [-0.2, -0.15) is 5.10 Å². The van der Waals surface area contributed by atoms with Gasteiger partial charge in [0.05, 0.1) is 59.8 Å². The molecular weight excluding hydrogens is 659 g/mol. The number of ether oxygens (including phenoxy) is 2. The van der Waals surface area contributed by atoms with E-state index >= 15 is 4.39 Å². The van der Waals surface area contributed by atoms with E-state index in [0.717, 1.165) is 34.3 Å². The monoisotopic (exact) mass is 702 g/mol. The van der Waals surface area contributed by atoms with Crippen molar-refractivity contribution in [2.75, 3.05) is 26.2 Å². The van der Waals surface area contributed by atoms with Gasteiger partial charge in [0.15, 0.2) is 0 Å². The maximum Gasteiger partial charge on any atom is 0.410 e. The summed E-state index contributed by atoms with van der Waals surface area (Å²) in [5.74, 6) is -1.46. The SMILES string of the molecule is CC.CCCCOc1cc(F)cc(F)c1-c1c(/C(N)=C/C2=NCCN(C(=O)OC(C)(C)C)C2)nc(-c2ccc3c(cnn3C)c2)c2ccsc12. The molecule has 12 heteroatoms. The van der Waals surface area contributed by atoms with Gasteiger partial charge >= 0.3 is 6.09 Å². The number of aryl methyl sites for hydroxylation is 1. The van der Waals surface area contributed by atoms with Crippen molar-refractivity contribution in [2.24, 2.45) is 17.8 Å². The van der Waals surface area contributed by atoms with Crippen LogP contribution >= 0.6 is 11.3 Å². The second-order valence-corrected chi connectivity index (χ2v) is 13.6. The predicted octanol–water partition coefficient (Wildman–Crippen LogP) is 8.99. The molecule has 3 aromatic heterocycles. The highest BCUT2D eigenvalue weighted by atomic mass is 32.1. The van der Waals surface area contributed by atoms with Crippen LogP contribution in [0.25, 0.3) is 49.1 Å². The van der Waals surface area contributed by atoms with E-state index in [1.807, 2.05) is 78.2 Å². The number of fused-ring (bicyclic) bond motifs is 2. The fraction of sp³-hybridized carbons (Fsp3) is 0.368. The molecule has 264 valence electrons. The average molecular weight is 703 g/mol. The first kappa shape index (κ1) is 36.4. The van der Waals surface area contributed by atoms with Gasteiger partial charge in [-0.1, -0.05) is 33.3 Å². The second kappa shape index (κ2) is 15.4. The fourth-order valence-electron chi connectivity index (χ4n) is 5.69. The summed E-state index contributed by atoms with van der Waals surface area (Å²) >= 11 is 1.41. The van der Waals surface area contributed by atoms with E-state index in [2.05, 4.69) is 10.1 Å². The van der Waals surface area contributed by atoms with Gasteiger partial charge in [-0.05, 0) is 56.8 Å². The molecule has 0 bridgehead atoms. The third kappa shape index (κ3) is 7.80. The Kier molecular flexibility index (Phi) is 11.2. The Morgan fingerprint density at radius 2 is 1.90 bits per heavy atom. The van der Waals surface area contributed by atoms with Gasteiger partial charge in [0.2, 0.25) is 0 Å². The van der Waals surface area contributed by atoms with E-state index in [1.165, 1.54) is 17.4 Å². The Balaban J connectivity index is 0.00000239. The van der Waals surface area contributed by atoms with Gasteiger partial charge in [-0.15, -0.1) is 11.3 Å². The van der Waals surface area contributed by atoms with Gasteiger partial charge in [0.1, 0.15) is 23.0 Å². The maximum atomic E-state index is 16.0. The topological polar surface area (TPSA) is 108 Å². The van der Waals surface area contributed by atoms with E-state index in [0.29, 0.717) is 41.2 Å². The van der Waals surface area contributed by atoms with Crippen molar-refractivity contribution in [1.29, 1.82) is 0 Å². The van der Waals surface area contributed by atoms with Crippen molar-refractivity contribution < 1.29 is 23.0 Å². The lowest BCUT2D eigenvalue weighted by Crippen LogP contribution is -2.43. The molecule has 0 atom stereocenters. The maximum absolute atomic E-state index is 16.0. The molecule has 1 amide bonds. The first-order valence-corrected chi connectivity index (χ1v) is 17.8. The highest BCUT2D eigenvalue weighted by Gasteiger charge is 2.28. The third-order valence-corrected chi connectivity index (χ3v) is 8.87. The lowest BCUT2D eigenvalue weighted by atomic mass is 9.96. The summed E-state index contributed by atoms with van der Waals surface area (Å²) in [4.78, 5) is 24.2. The van der Waals surface area contributed by atoms with Crippen LogP contribution in [0.5, 0.6) is 5.75 Å². The van der Waals surface area contributed by atoms with Crippen LogP contribution in [0.3, 0.4) is 0 Å². The van der Waals surface area contributed by atoms with Crippen molar-refractivity contribution in [1.82, 2.24) is 19.7 Å². The molecule has 2 N–H and O–H groups in total. The van der Waals surface area contributed by atoms with Crippen LogP contribution in [-0.2, 0) is 11.8 Å². The molecule has 2 aromatic carbocycles. The zero-order chi connectivity index (χ0) is 36.2. The molecule has 1 aliphatic heterocycles. The van der Waals surface area contributed by atoms with Gasteiger partial charge < -0.3 is 20.1 Å². The number of carbonyl (C=O) groups excluding carboxylic acids is 1. The van der Waals surface area contributed by atoms with Crippen molar-refractivity contribution in [3.8, 4) is 28.1 Å². The molecule has 0 fully saturated rings. The third-order valence-electron chi connectivity index (χ3n) is 7.94. The number of nitrogens with two attached hydrogens (primary N) is 1. The molecule has 5 aromatic rings. The Hall–Kier alpha value is -4.84. The van der Waals surface area contributed by atoms with E-state index < -0.39 is 23.3 Å². The number of aromatic nitrogens is 3. The van der Waals surface area contributed by atoms with Gasteiger partial charge in [-0.3, -0.25) is 9.67 Å². The van der Waals surface area contributed by atoms with Gasteiger partial charge in [-0.25, -0.2) is 18.6 Å². The Labute approximate surface area is 295 Å². The normalized spacial score (nSPS) is 13.7. The van der Waals surface area contributed by atoms with Crippen molar-refractivity contribution in [3.05, 3.63) is 71.4 Å². The summed E-state index contributed by atoms with van der Waals surface area (Å²) in [7, 11) is 1.88. The van der Waals surface area contributed by atoms with Crippen LogP contribution in [0.1, 0.15) is 60.1 Å². The largest absolute Gasteiger partial charge is 0.493 e. The van der Waals surface area contributed by atoms with Gasteiger partial charge in [0.25, 0.3) is 0 Å². The number of thiophene rings is 1. The van der Waals surface area contributed by atoms with E-state index in [9.17, 15) is 9.18 Å². The predicted molar refractivity (Wildman–Crippen MR) is 199 cm³/mol. The van der Waals surface area contributed by atoms with Crippen LogP contribution in [0, 0.1) is 11.6 Å². The van der Waals surface area contributed by atoms with Crippen LogP contribution < -0.4 is 10.5 Å². The number of aliphatic imine (C=N–C) groups is 1. The summed E-state index contributed by atoms with van der Waals surface area (Å²) < 4.78 is 44.7. The Morgan fingerprint density at radius 1 is 1.12 bits per heavy atom. The number of halogens is 2. The minimum atomic E-state index is -0.789. The summed E-state index contributed by atoms with van der Waals surface area (Å²) in [6.45, 7) is 12.7. The first-order chi connectivity index (χ1) is 23.9. The zero-order valence-electron chi connectivity index (χ0n) is 29.6. The van der Waals surface area contributed by atoms with Crippen molar-refractivity contribution in [3.63, 3.8) is 0 Å². The lowest BCUT2D eigenvalue weighted by Gasteiger charge is -2.29. The Bertz CT molecular complexity index is 2080. The Morgan fingerprint density at radius 3 is 2.64 bits per heavy atom. The number of unbranched alkanes of at least 4 members (excludes halogenated alkanes) is 1. The molecule has 9 nitrogen and oxygen atoms in total. The fourth-order valence-corrected chi connectivity index (χ4v) is 6.64. The van der Waals surface area contributed by atoms with Crippen LogP contribution in [0.2, 0.25) is 0 Å². The molecular formula is C38H44F2N6O3S. The van der Waals surface area contributed by atoms with E-state index in [1.54, 1.807) is 21.9 Å². The molecule has 0 radical (unpaired) electrons. The molecule has 4 heterocycles. The number of carbonyl (C=O) groups is 1. The van der Waals surface area contributed by atoms with Crippen molar-refractivity contribution >= 4 is 49.8 Å². The molecule has 0 unspecified atom stereocenters. The minimum absolute atomic E-state index is 0.0714. The summed E-state index contributed by atoms with van der Waals surface area (Å²) in [6.07, 6.45) is 4.57. The van der Waals surface area contributed by atoms with Gasteiger partial charge in [0, 0.05) is 52.3 Å². The molecule has 0 spiro atoms. The number of nitrogens with zero attached hydrogens (tertiary/aromatic N) is 5. The van der Waals surface area contributed by atoms with Crippen LogP contribution in [0.4, 0.5) is 13.6 Å². The number of hydrogen-bond donors (Lipinski definition) is 1. The number of benzene rings is 2. The summed E-state index contributed by atoms with van der Waals surface area (Å²) in [5.41, 5.74) is 10.2.